The van der Waals surface area contributed by atoms with E-state index in [4.69, 9.17) is 14.2 Å². The number of carbonyl (C=O) groups is 2. The number of hydrogen-bond acceptors (Lipinski definition) is 5. The second kappa shape index (κ2) is 5.90. The first kappa shape index (κ1) is 16.0. The van der Waals surface area contributed by atoms with Crippen LogP contribution in [0, 0.1) is 0 Å². The number of hydrogen-bond donors (Lipinski definition) is 1. The Balaban J connectivity index is 1.65. The lowest BCUT2D eigenvalue weighted by Crippen LogP contribution is -2.39. The van der Waals surface area contributed by atoms with Gasteiger partial charge in [0.05, 0.1) is 5.69 Å². The van der Waals surface area contributed by atoms with Crippen LogP contribution >= 0.6 is 0 Å². The summed E-state index contributed by atoms with van der Waals surface area (Å²) < 4.78 is 16.8. The summed E-state index contributed by atoms with van der Waals surface area (Å²) in [5.41, 5.74) is 3.25. The molecule has 3 heterocycles. The molecule has 138 valence electrons. The molecule has 2 aromatic rings. The first-order valence-electron chi connectivity index (χ1n) is 8.95. The van der Waals surface area contributed by atoms with Crippen molar-refractivity contribution in [3.63, 3.8) is 0 Å². The third kappa shape index (κ3) is 2.42. The van der Waals surface area contributed by atoms with Crippen LogP contribution in [0.2, 0.25) is 0 Å². The van der Waals surface area contributed by atoms with E-state index in [0.717, 1.165) is 11.1 Å². The van der Waals surface area contributed by atoms with E-state index in [2.05, 4.69) is 5.32 Å². The summed E-state index contributed by atoms with van der Waals surface area (Å²) in [6.07, 6.45) is 0.308. The molecule has 2 amide bonds. The van der Waals surface area contributed by atoms with Crippen LogP contribution in [0.25, 0.3) is 0 Å². The second-order valence-corrected chi connectivity index (χ2v) is 6.72. The van der Waals surface area contributed by atoms with Crippen molar-refractivity contribution in [1.29, 1.82) is 0 Å². The molecule has 2 aromatic carbocycles. The van der Waals surface area contributed by atoms with Gasteiger partial charge in [-0.05, 0) is 30.7 Å². The molecule has 0 saturated heterocycles. The summed E-state index contributed by atoms with van der Waals surface area (Å²) in [5, 5.41) is 2.93. The smallest absolute Gasteiger partial charge is 0.265 e. The molecular formula is C20H18N2O5. The van der Waals surface area contributed by atoms with E-state index in [0.29, 0.717) is 41.6 Å². The Morgan fingerprint density at radius 1 is 1.11 bits per heavy atom. The van der Waals surface area contributed by atoms with Crippen LogP contribution in [0.15, 0.2) is 30.3 Å². The molecule has 0 unspecified atom stereocenters. The van der Waals surface area contributed by atoms with Gasteiger partial charge in [-0.25, -0.2) is 0 Å². The van der Waals surface area contributed by atoms with Crippen molar-refractivity contribution in [3.8, 4) is 17.2 Å². The van der Waals surface area contributed by atoms with Crippen LogP contribution in [-0.2, 0) is 9.59 Å². The molecule has 0 fully saturated rings. The van der Waals surface area contributed by atoms with Crippen LogP contribution in [0.3, 0.4) is 0 Å². The zero-order valence-corrected chi connectivity index (χ0v) is 14.8. The lowest BCUT2D eigenvalue weighted by Gasteiger charge is -2.33. The fraction of sp³-hybridized carbons (Fsp3) is 0.300. The van der Waals surface area contributed by atoms with E-state index in [1.54, 1.807) is 4.90 Å². The lowest BCUT2D eigenvalue weighted by molar-refractivity contribution is -0.121. The lowest BCUT2D eigenvalue weighted by atomic mass is 9.83. The van der Waals surface area contributed by atoms with Crippen molar-refractivity contribution in [3.05, 3.63) is 41.5 Å². The summed E-state index contributed by atoms with van der Waals surface area (Å²) in [6.45, 7) is 2.66. The summed E-state index contributed by atoms with van der Waals surface area (Å²) in [6, 6.07) is 9.48. The van der Waals surface area contributed by atoms with Gasteiger partial charge < -0.3 is 24.4 Å². The average Bonchev–Trinajstić information content (AvgIpc) is 3.15. The molecule has 1 N–H and O–H groups in total. The van der Waals surface area contributed by atoms with Crippen molar-refractivity contribution in [2.45, 2.75) is 19.3 Å². The third-order valence-corrected chi connectivity index (χ3v) is 5.23. The van der Waals surface area contributed by atoms with Crippen molar-refractivity contribution in [2.24, 2.45) is 0 Å². The van der Waals surface area contributed by atoms with Gasteiger partial charge >= 0.3 is 0 Å². The number of likely N-dealkylation sites (N-methyl/N-ethyl adjacent to an activating group) is 1. The number of para-hydroxylation sites is 1. The maximum atomic E-state index is 12.4. The summed E-state index contributed by atoms with van der Waals surface area (Å²) in [5.74, 6) is 1.70. The largest absolute Gasteiger partial charge is 0.482 e. The van der Waals surface area contributed by atoms with E-state index in [1.807, 2.05) is 37.3 Å². The third-order valence-electron chi connectivity index (χ3n) is 5.23. The Morgan fingerprint density at radius 2 is 2.00 bits per heavy atom. The van der Waals surface area contributed by atoms with E-state index >= 15 is 0 Å². The van der Waals surface area contributed by atoms with Gasteiger partial charge in [0.1, 0.15) is 5.75 Å². The highest BCUT2D eigenvalue weighted by atomic mass is 16.7. The number of benzene rings is 2. The quantitative estimate of drug-likeness (QED) is 0.884. The molecule has 7 nitrogen and oxygen atoms in total. The first-order chi connectivity index (χ1) is 13.2. The van der Waals surface area contributed by atoms with Gasteiger partial charge in [0.2, 0.25) is 12.7 Å². The number of fused-ring (bicyclic) bond motifs is 3. The van der Waals surface area contributed by atoms with E-state index < -0.39 is 0 Å². The molecule has 27 heavy (non-hydrogen) atoms. The van der Waals surface area contributed by atoms with Gasteiger partial charge in [0.15, 0.2) is 18.1 Å². The number of nitrogens with one attached hydrogen (secondary N) is 1. The minimum absolute atomic E-state index is 0.0222. The zero-order valence-electron chi connectivity index (χ0n) is 14.8. The molecule has 0 bridgehead atoms. The van der Waals surface area contributed by atoms with E-state index in [9.17, 15) is 9.59 Å². The van der Waals surface area contributed by atoms with Crippen molar-refractivity contribution < 1.29 is 23.8 Å². The number of anilines is 2. The van der Waals surface area contributed by atoms with Crippen molar-refractivity contribution >= 4 is 23.2 Å². The fourth-order valence-corrected chi connectivity index (χ4v) is 4.01. The number of nitrogens with zero attached hydrogens (tertiary/aromatic N) is 1. The Morgan fingerprint density at radius 3 is 2.85 bits per heavy atom. The highest BCUT2D eigenvalue weighted by molar-refractivity contribution is 6.01. The maximum absolute atomic E-state index is 12.4. The van der Waals surface area contributed by atoms with Gasteiger partial charge in [-0.2, -0.15) is 0 Å². The molecule has 1 atom stereocenters. The van der Waals surface area contributed by atoms with Crippen molar-refractivity contribution in [2.75, 3.05) is 30.2 Å². The summed E-state index contributed by atoms with van der Waals surface area (Å²) in [4.78, 5) is 26.2. The average molecular weight is 366 g/mol. The molecular weight excluding hydrogens is 348 g/mol. The zero-order chi connectivity index (χ0) is 18.5. The van der Waals surface area contributed by atoms with E-state index in [1.165, 1.54) is 0 Å². The minimum Gasteiger partial charge on any atom is -0.482 e. The van der Waals surface area contributed by atoms with Gasteiger partial charge in [0.25, 0.3) is 5.91 Å². The van der Waals surface area contributed by atoms with Crippen LogP contribution in [0.5, 0.6) is 17.2 Å². The predicted octanol–water partition coefficient (Wildman–Crippen LogP) is 2.63. The van der Waals surface area contributed by atoms with Gasteiger partial charge in [-0.15, -0.1) is 0 Å². The normalized spacial score (nSPS) is 19.9. The minimum atomic E-state index is -0.174. The molecule has 3 aliphatic rings. The molecule has 7 heteroatoms. The molecule has 0 aliphatic carbocycles. The van der Waals surface area contributed by atoms with Gasteiger partial charge in [0, 0.05) is 30.1 Å². The molecule has 0 radical (unpaired) electrons. The Kier molecular flexibility index (Phi) is 3.50. The standard InChI is InChI=1S/C20H18N2O5/c1-2-22-15-8-14-13(6-17(15)25-9-19(22)24)12(7-18(23)21-14)11-4-3-5-16-20(11)27-10-26-16/h3-6,8,12H,2,7,9-10H2,1H3,(H,21,23)/t12-/m0/s1. The highest BCUT2D eigenvalue weighted by Crippen LogP contribution is 2.48. The molecule has 0 aromatic heterocycles. The molecule has 0 spiro atoms. The van der Waals surface area contributed by atoms with Crippen LogP contribution in [0.4, 0.5) is 11.4 Å². The summed E-state index contributed by atoms with van der Waals surface area (Å²) in [7, 11) is 0. The van der Waals surface area contributed by atoms with E-state index in [-0.39, 0.29) is 31.1 Å². The Labute approximate surface area is 155 Å². The second-order valence-electron chi connectivity index (χ2n) is 6.72. The number of rotatable bonds is 2. The highest BCUT2D eigenvalue weighted by Gasteiger charge is 2.34. The number of carbonyl (C=O) groups excluding carboxylic acids is 2. The van der Waals surface area contributed by atoms with Crippen molar-refractivity contribution in [1.82, 2.24) is 0 Å². The first-order valence-corrected chi connectivity index (χ1v) is 8.95. The van der Waals surface area contributed by atoms with Crippen LogP contribution in [0.1, 0.15) is 30.4 Å². The van der Waals surface area contributed by atoms with Gasteiger partial charge in [-0.3, -0.25) is 9.59 Å². The van der Waals surface area contributed by atoms with Crippen LogP contribution < -0.4 is 24.4 Å². The Bertz CT molecular complexity index is 971. The van der Waals surface area contributed by atoms with Crippen LogP contribution in [-0.4, -0.2) is 31.8 Å². The number of amides is 2. The SMILES string of the molecule is CCN1C(=O)COc2cc3c(cc21)NC(=O)C[C@H]3c1cccc2c1OCO2. The fourth-order valence-electron chi connectivity index (χ4n) is 4.01. The predicted molar refractivity (Wildman–Crippen MR) is 97.6 cm³/mol. The number of ether oxygens (including phenoxy) is 3. The Hall–Kier alpha value is -3.22. The molecule has 0 saturated carbocycles. The topological polar surface area (TPSA) is 77.1 Å². The summed E-state index contributed by atoms with van der Waals surface area (Å²) >= 11 is 0. The monoisotopic (exact) mass is 366 g/mol. The maximum Gasteiger partial charge on any atom is 0.265 e. The molecule has 3 aliphatic heterocycles. The molecule has 5 rings (SSSR count). The van der Waals surface area contributed by atoms with Gasteiger partial charge in [-0.1, -0.05) is 12.1 Å².